The molecular formula is C11H23ClN2O2. The van der Waals surface area contributed by atoms with Gasteiger partial charge < -0.3 is 15.0 Å². The molecule has 1 N–H and O–H groups in total. The third-order valence-electron chi connectivity index (χ3n) is 2.59. The van der Waals surface area contributed by atoms with Crippen molar-refractivity contribution in [3.8, 4) is 0 Å². The van der Waals surface area contributed by atoms with Gasteiger partial charge in [0.25, 0.3) is 0 Å². The number of rotatable bonds is 6. The summed E-state index contributed by atoms with van der Waals surface area (Å²) in [5, 5.41) is 3.22. The summed E-state index contributed by atoms with van der Waals surface area (Å²) < 4.78 is 5.34. The predicted octanol–water partition coefficient (Wildman–Crippen LogP) is 1.05. The Morgan fingerprint density at radius 1 is 1.31 bits per heavy atom. The zero-order valence-electron chi connectivity index (χ0n) is 10.0. The Morgan fingerprint density at radius 2 is 2.00 bits per heavy atom. The van der Waals surface area contributed by atoms with Crippen LogP contribution in [0.5, 0.6) is 0 Å². The van der Waals surface area contributed by atoms with E-state index in [4.69, 9.17) is 4.74 Å². The third kappa shape index (κ3) is 6.30. The fourth-order valence-electron chi connectivity index (χ4n) is 1.62. The molecule has 1 aliphatic heterocycles. The van der Waals surface area contributed by atoms with E-state index >= 15 is 0 Å². The van der Waals surface area contributed by atoms with Crippen LogP contribution >= 0.6 is 12.4 Å². The second kappa shape index (κ2) is 9.87. The number of carbonyl (C=O) groups is 1. The molecule has 96 valence electrons. The maximum atomic E-state index is 11.6. The van der Waals surface area contributed by atoms with Gasteiger partial charge in [-0.25, -0.2) is 0 Å². The fraction of sp³-hybridized carbons (Fsp3) is 0.909. The molecule has 1 aliphatic rings. The zero-order valence-corrected chi connectivity index (χ0v) is 10.9. The normalized spacial score (nSPS) is 15.7. The van der Waals surface area contributed by atoms with Crippen LogP contribution in [0.15, 0.2) is 0 Å². The summed E-state index contributed by atoms with van der Waals surface area (Å²) in [6.07, 6.45) is 3.43. The van der Waals surface area contributed by atoms with Gasteiger partial charge in [-0.1, -0.05) is 19.8 Å². The van der Waals surface area contributed by atoms with E-state index in [0.29, 0.717) is 6.61 Å². The standard InChI is InChI=1S/C11H22N2O2.ClH/c1-2-3-4-9-15-10-11(14)13-7-5-12-6-8-13;/h12H,2-10H2,1H3;1H. The van der Waals surface area contributed by atoms with Crippen molar-refractivity contribution in [2.24, 2.45) is 0 Å². The van der Waals surface area contributed by atoms with E-state index in [2.05, 4.69) is 12.2 Å². The maximum Gasteiger partial charge on any atom is 0.248 e. The first kappa shape index (κ1) is 15.7. The van der Waals surface area contributed by atoms with Crippen molar-refractivity contribution in [3.05, 3.63) is 0 Å². The van der Waals surface area contributed by atoms with Gasteiger partial charge in [-0.3, -0.25) is 4.79 Å². The molecule has 4 nitrogen and oxygen atoms in total. The Kier molecular flexibility index (Phi) is 9.68. The highest BCUT2D eigenvalue weighted by molar-refractivity contribution is 5.85. The van der Waals surface area contributed by atoms with Crippen LogP contribution in [0.1, 0.15) is 26.2 Å². The van der Waals surface area contributed by atoms with Crippen LogP contribution in [0, 0.1) is 0 Å². The highest BCUT2D eigenvalue weighted by Gasteiger charge is 2.15. The minimum Gasteiger partial charge on any atom is -0.372 e. The number of piperazine rings is 1. The first-order valence-electron chi connectivity index (χ1n) is 5.91. The summed E-state index contributed by atoms with van der Waals surface area (Å²) in [5.41, 5.74) is 0. The van der Waals surface area contributed by atoms with Crippen molar-refractivity contribution in [2.45, 2.75) is 26.2 Å². The first-order valence-corrected chi connectivity index (χ1v) is 5.91. The van der Waals surface area contributed by atoms with E-state index < -0.39 is 0 Å². The van der Waals surface area contributed by atoms with Crippen molar-refractivity contribution >= 4 is 18.3 Å². The highest BCUT2D eigenvalue weighted by Crippen LogP contribution is 1.97. The van der Waals surface area contributed by atoms with Crippen molar-refractivity contribution in [3.63, 3.8) is 0 Å². The minimum absolute atomic E-state index is 0. The Morgan fingerprint density at radius 3 is 2.62 bits per heavy atom. The van der Waals surface area contributed by atoms with Crippen molar-refractivity contribution < 1.29 is 9.53 Å². The molecule has 0 saturated carbocycles. The lowest BCUT2D eigenvalue weighted by Crippen LogP contribution is -2.47. The number of nitrogens with one attached hydrogen (secondary N) is 1. The Bertz CT molecular complexity index is 185. The van der Waals surface area contributed by atoms with E-state index in [0.717, 1.165) is 32.6 Å². The molecule has 0 spiro atoms. The highest BCUT2D eigenvalue weighted by atomic mass is 35.5. The summed E-state index contributed by atoms with van der Waals surface area (Å²) >= 11 is 0. The number of halogens is 1. The van der Waals surface area contributed by atoms with Crippen LogP contribution in [0.3, 0.4) is 0 Å². The van der Waals surface area contributed by atoms with E-state index in [1.165, 1.54) is 12.8 Å². The summed E-state index contributed by atoms with van der Waals surface area (Å²) in [7, 11) is 0. The number of hydrogen-bond acceptors (Lipinski definition) is 3. The van der Waals surface area contributed by atoms with Crippen LogP contribution < -0.4 is 5.32 Å². The molecule has 0 aromatic heterocycles. The van der Waals surface area contributed by atoms with Gasteiger partial charge in [-0.2, -0.15) is 0 Å². The Balaban J connectivity index is 0.00000225. The van der Waals surface area contributed by atoms with Crippen LogP contribution in [-0.4, -0.2) is 50.2 Å². The molecule has 1 amide bonds. The molecule has 1 saturated heterocycles. The summed E-state index contributed by atoms with van der Waals surface area (Å²) in [6, 6.07) is 0. The van der Waals surface area contributed by atoms with Gasteiger partial charge in [0.1, 0.15) is 6.61 Å². The van der Waals surface area contributed by atoms with Crippen LogP contribution in [0.2, 0.25) is 0 Å². The quantitative estimate of drug-likeness (QED) is 0.717. The topological polar surface area (TPSA) is 41.6 Å². The Hall–Kier alpha value is -0.320. The smallest absolute Gasteiger partial charge is 0.248 e. The molecule has 0 atom stereocenters. The van der Waals surface area contributed by atoms with E-state index in [1.807, 2.05) is 4.90 Å². The van der Waals surface area contributed by atoms with Gasteiger partial charge in [0.05, 0.1) is 0 Å². The van der Waals surface area contributed by atoms with Crippen molar-refractivity contribution in [2.75, 3.05) is 39.4 Å². The molecule has 0 bridgehead atoms. The van der Waals surface area contributed by atoms with Crippen molar-refractivity contribution in [1.29, 1.82) is 0 Å². The average Bonchev–Trinajstić information content (AvgIpc) is 2.30. The third-order valence-corrected chi connectivity index (χ3v) is 2.59. The van der Waals surface area contributed by atoms with E-state index in [-0.39, 0.29) is 24.9 Å². The first-order chi connectivity index (χ1) is 7.34. The molecule has 1 rings (SSSR count). The number of hydrogen-bond donors (Lipinski definition) is 1. The summed E-state index contributed by atoms with van der Waals surface area (Å²) in [4.78, 5) is 13.5. The van der Waals surface area contributed by atoms with Gasteiger partial charge in [0, 0.05) is 32.8 Å². The zero-order chi connectivity index (χ0) is 10.9. The van der Waals surface area contributed by atoms with Crippen LogP contribution in [0.25, 0.3) is 0 Å². The van der Waals surface area contributed by atoms with Crippen LogP contribution in [0.4, 0.5) is 0 Å². The number of unbranched alkanes of at least 4 members (excludes halogenated alkanes) is 2. The molecule has 0 aromatic carbocycles. The molecule has 5 heteroatoms. The SMILES string of the molecule is CCCCCOCC(=O)N1CCNCC1.Cl. The fourth-order valence-corrected chi connectivity index (χ4v) is 1.62. The van der Waals surface area contributed by atoms with Crippen LogP contribution in [-0.2, 0) is 9.53 Å². The monoisotopic (exact) mass is 250 g/mol. The summed E-state index contributed by atoms with van der Waals surface area (Å²) in [6.45, 7) is 6.57. The largest absolute Gasteiger partial charge is 0.372 e. The molecular weight excluding hydrogens is 228 g/mol. The van der Waals surface area contributed by atoms with Gasteiger partial charge in [-0.15, -0.1) is 12.4 Å². The number of ether oxygens (including phenoxy) is 1. The lowest BCUT2D eigenvalue weighted by atomic mass is 10.3. The minimum atomic E-state index is 0. The molecule has 0 aromatic rings. The van der Waals surface area contributed by atoms with Gasteiger partial charge in [-0.05, 0) is 6.42 Å². The van der Waals surface area contributed by atoms with Gasteiger partial charge >= 0.3 is 0 Å². The molecule has 0 radical (unpaired) electrons. The summed E-state index contributed by atoms with van der Waals surface area (Å²) in [5.74, 6) is 0.132. The second-order valence-electron chi connectivity index (χ2n) is 3.89. The predicted molar refractivity (Wildman–Crippen MR) is 67.0 cm³/mol. The maximum absolute atomic E-state index is 11.6. The van der Waals surface area contributed by atoms with E-state index in [9.17, 15) is 4.79 Å². The molecule has 1 fully saturated rings. The molecule has 16 heavy (non-hydrogen) atoms. The lowest BCUT2D eigenvalue weighted by Gasteiger charge is -2.27. The number of nitrogens with zero attached hydrogens (tertiary/aromatic N) is 1. The molecule has 1 heterocycles. The average molecular weight is 251 g/mol. The number of carbonyl (C=O) groups excluding carboxylic acids is 1. The van der Waals surface area contributed by atoms with E-state index in [1.54, 1.807) is 0 Å². The van der Waals surface area contributed by atoms with Gasteiger partial charge in [0.2, 0.25) is 5.91 Å². The lowest BCUT2D eigenvalue weighted by molar-refractivity contribution is -0.136. The molecule has 0 aliphatic carbocycles. The number of amides is 1. The van der Waals surface area contributed by atoms with Crippen molar-refractivity contribution in [1.82, 2.24) is 10.2 Å². The Labute approximate surface area is 104 Å². The molecule has 0 unspecified atom stereocenters. The van der Waals surface area contributed by atoms with Gasteiger partial charge in [0.15, 0.2) is 0 Å². The second-order valence-corrected chi connectivity index (χ2v) is 3.89.